The number of halogens is 1. The number of hydrogen-bond acceptors (Lipinski definition) is 4. The van der Waals surface area contributed by atoms with Gasteiger partial charge in [0.05, 0.1) is 6.54 Å². The van der Waals surface area contributed by atoms with Gasteiger partial charge >= 0.3 is 0 Å². The predicted octanol–water partition coefficient (Wildman–Crippen LogP) is 4.42. The first-order chi connectivity index (χ1) is 13.7. The standard InChI is InChI=1S/C22H35N3O2S.HI/c1-3-23-21(24-18-22(28-4-2)12-16-26-17-13-22)25-14-10-20(11-15-25)27-19-8-6-5-7-9-19;/h5-9,20H,3-4,10-18H2,1-2H3,(H,23,24);1H. The molecule has 2 aliphatic heterocycles. The molecule has 29 heavy (non-hydrogen) atoms. The SMILES string of the molecule is CCNC(=NCC1(SCC)CCOCC1)N1CCC(Oc2ccccc2)CC1.I. The van der Waals surface area contributed by atoms with E-state index in [1.54, 1.807) is 0 Å². The zero-order valence-corrected chi connectivity index (χ0v) is 20.9. The molecule has 0 amide bonds. The fourth-order valence-corrected chi connectivity index (χ4v) is 5.14. The topological polar surface area (TPSA) is 46.1 Å². The van der Waals surface area contributed by atoms with Crippen molar-refractivity contribution in [2.75, 3.05) is 45.1 Å². The molecule has 1 aromatic carbocycles. The zero-order chi connectivity index (χ0) is 19.7. The highest BCUT2D eigenvalue weighted by atomic mass is 127. The summed E-state index contributed by atoms with van der Waals surface area (Å²) in [5.74, 6) is 3.16. The Bertz CT molecular complexity index is 598. The summed E-state index contributed by atoms with van der Waals surface area (Å²) in [7, 11) is 0. The first-order valence-corrected chi connectivity index (χ1v) is 11.7. The highest BCUT2D eigenvalue weighted by molar-refractivity contribution is 14.0. The zero-order valence-electron chi connectivity index (χ0n) is 17.8. The Morgan fingerprint density at radius 2 is 1.90 bits per heavy atom. The van der Waals surface area contributed by atoms with Crippen LogP contribution in [0.2, 0.25) is 0 Å². The average molecular weight is 534 g/mol. The Balaban J connectivity index is 0.00000300. The second kappa shape index (κ2) is 12.9. The average Bonchev–Trinajstić information content (AvgIpc) is 2.73. The Morgan fingerprint density at radius 1 is 1.21 bits per heavy atom. The summed E-state index contributed by atoms with van der Waals surface area (Å²) in [5.41, 5.74) is 0. The van der Waals surface area contributed by atoms with Gasteiger partial charge in [0.25, 0.3) is 0 Å². The van der Waals surface area contributed by atoms with Gasteiger partial charge in [0, 0.05) is 50.4 Å². The molecular weight excluding hydrogens is 497 g/mol. The van der Waals surface area contributed by atoms with Crippen LogP contribution in [0.3, 0.4) is 0 Å². The summed E-state index contributed by atoms with van der Waals surface area (Å²) in [6.45, 7) is 9.86. The highest BCUT2D eigenvalue weighted by Crippen LogP contribution is 2.35. The van der Waals surface area contributed by atoms with Crippen molar-refractivity contribution < 1.29 is 9.47 Å². The third-order valence-electron chi connectivity index (χ3n) is 5.49. The fourth-order valence-electron chi connectivity index (χ4n) is 3.92. The monoisotopic (exact) mass is 533 g/mol. The number of piperidine rings is 1. The van der Waals surface area contributed by atoms with Gasteiger partial charge in [0.2, 0.25) is 0 Å². The van der Waals surface area contributed by atoms with E-state index < -0.39 is 0 Å². The van der Waals surface area contributed by atoms with Crippen molar-refractivity contribution in [3.8, 4) is 5.75 Å². The third kappa shape index (κ3) is 7.51. The van der Waals surface area contributed by atoms with E-state index in [-0.39, 0.29) is 28.7 Å². The van der Waals surface area contributed by atoms with E-state index in [0.717, 1.165) is 82.5 Å². The van der Waals surface area contributed by atoms with E-state index in [1.807, 2.05) is 30.3 Å². The predicted molar refractivity (Wildman–Crippen MR) is 134 cm³/mol. The molecule has 0 saturated carbocycles. The Kier molecular flexibility index (Phi) is 10.9. The van der Waals surface area contributed by atoms with Gasteiger partial charge in [-0.1, -0.05) is 25.1 Å². The molecule has 0 bridgehead atoms. The number of rotatable bonds is 7. The van der Waals surface area contributed by atoms with Crippen LogP contribution >= 0.6 is 35.7 Å². The highest BCUT2D eigenvalue weighted by Gasteiger charge is 2.33. The number of nitrogens with one attached hydrogen (secondary N) is 1. The van der Waals surface area contributed by atoms with Crippen molar-refractivity contribution >= 4 is 41.7 Å². The van der Waals surface area contributed by atoms with Crippen LogP contribution in [0.5, 0.6) is 5.75 Å². The summed E-state index contributed by atoms with van der Waals surface area (Å²) in [4.78, 5) is 7.48. The van der Waals surface area contributed by atoms with Crippen molar-refractivity contribution in [3.05, 3.63) is 30.3 Å². The van der Waals surface area contributed by atoms with Crippen LogP contribution in [-0.2, 0) is 4.74 Å². The molecule has 0 unspecified atom stereocenters. The molecule has 0 spiro atoms. The van der Waals surface area contributed by atoms with Crippen molar-refractivity contribution in [2.45, 2.75) is 50.4 Å². The molecule has 0 atom stereocenters. The van der Waals surface area contributed by atoms with Gasteiger partial charge < -0.3 is 19.7 Å². The van der Waals surface area contributed by atoms with E-state index in [9.17, 15) is 0 Å². The molecule has 5 nitrogen and oxygen atoms in total. The normalized spacial score (nSPS) is 20.1. The van der Waals surface area contributed by atoms with Gasteiger partial charge in [-0.25, -0.2) is 0 Å². The Morgan fingerprint density at radius 3 is 2.52 bits per heavy atom. The summed E-state index contributed by atoms with van der Waals surface area (Å²) in [6.07, 6.45) is 4.55. The summed E-state index contributed by atoms with van der Waals surface area (Å²) < 4.78 is 12.0. The molecule has 1 N–H and O–H groups in total. The molecule has 0 aromatic heterocycles. The van der Waals surface area contributed by atoms with E-state index in [4.69, 9.17) is 14.5 Å². The van der Waals surface area contributed by atoms with Crippen molar-refractivity contribution in [1.82, 2.24) is 10.2 Å². The van der Waals surface area contributed by atoms with Gasteiger partial charge in [0.1, 0.15) is 11.9 Å². The molecule has 2 aliphatic rings. The molecule has 164 valence electrons. The van der Waals surface area contributed by atoms with Gasteiger partial charge in [0.15, 0.2) is 5.96 Å². The second-order valence-electron chi connectivity index (χ2n) is 7.52. The Hall–Kier alpha value is -0.670. The number of benzene rings is 1. The molecule has 2 fully saturated rings. The number of thioether (sulfide) groups is 1. The maximum atomic E-state index is 6.14. The molecule has 3 rings (SSSR count). The molecular formula is C22H36IN3O2S. The number of guanidine groups is 1. The molecule has 0 aliphatic carbocycles. The van der Waals surface area contributed by atoms with E-state index in [1.165, 1.54) is 0 Å². The number of aliphatic imine (C=N–C) groups is 1. The van der Waals surface area contributed by atoms with Gasteiger partial charge in [-0.3, -0.25) is 4.99 Å². The minimum Gasteiger partial charge on any atom is -0.490 e. The quantitative estimate of drug-likeness (QED) is 0.320. The number of para-hydroxylation sites is 1. The van der Waals surface area contributed by atoms with Crippen LogP contribution in [0.15, 0.2) is 35.3 Å². The van der Waals surface area contributed by atoms with Crippen LogP contribution in [0.4, 0.5) is 0 Å². The Labute approximate surface area is 197 Å². The summed E-state index contributed by atoms with van der Waals surface area (Å²) >= 11 is 2.05. The van der Waals surface area contributed by atoms with Crippen LogP contribution in [0, 0.1) is 0 Å². The molecule has 0 radical (unpaired) electrons. The summed E-state index contributed by atoms with van der Waals surface area (Å²) in [6, 6.07) is 10.2. The minimum absolute atomic E-state index is 0. The lowest BCUT2D eigenvalue weighted by atomic mass is 9.99. The van der Waals surface area contributed by atoms with E-state index in [0.29, 0.717) is 6.10 Å². The lowest BCUT2D eigenvalue weighted by molar-refractivity contribution is 0.0791. The molecule has 1 aromatic rings. The second-order valence-corrected chi connectivity index (χ2v) is 9.25. The van der Waals surface area contributed by atoms with Gasteiger partial charge in [-0.2, -0.15) is 11.8 Å². The van der Waals surface area contributed by atoms with Gasteiger partial charge in [-0.05, 0) is 37.7 Å². The number of hydrogen-bond donors (Lipinski definition) is 1. The van der Waals surface area contributed by atoms with Crippen molar-refractivity contribution in [2.24, 2.45) is 4.99 Å². The number of likely N-dealkylation sites (tertiary alicyclic amines) is 1. The van der Waals surface area contributed by atoms with Gasteiger partial charge in [-0.15, -0.1) is 24.0 Å². The lowest BCUT2D eigenvalue weighted by Crippen LogP contribution is -2.48. The largest absolute Gasteiger partial charge is 0.490 e. The lowest BCUT2D eigenvalue weighted by Gasteiger charge is -2.37. The first kappa shape index (κ1) is 24.6. The fraction of sp³-hybridized carbons (Fsp3) is 0.682. The molecule has 2 saturated heterocycles. The van der Waals surface area contributed by atoms with E-state index in [2.05, 4.69) is 35.8 Å². The van der Waals surface area contributed by atoms with Crippen LogP contribution < -0.4 is 10.1 Å². The first-order valence-electron chi connectivity index (χ1n) is 10.7. The minimum atomic E-state index is 0. The molecule has 7 heteroatoms. The third-order valence-corrected chi connectivity index (χ3v) is 6.93. The summed E-state index contributed by atoms with van der Waals surface area (Å²) in [5, 5.41) is 3.51. The van der Waals surface area contributed by atoms with Crippen molar-refractivity contribution in [1.29, 1.82) is 0 Å². The van der Waals surface area contributed by atoms with Crippen LogP contribution in [0.1, 0.15) is 39.5 Å². The van der Waals surface area contributed by atoms with Crippen LogP contribution in [0.25, 0.3) is 0 Å². The smallest absolute Gasteiger partial charge is 0.193 e. The maximum Gasteiger partial charge on any atom is 0.193 e. The van der Waals surface area contributed by atoms with Crippen molar-refractivity contribution in [3.63, 3.8) is 0 Å². The molecule has 2 heterocycles. The number of ether oxygens (including phenoxy) is 2. The van der Waals surface area contributed by atoms with Crippen LogP contribution in [-0.4, -0.2) is 66.9 Å². The maximum absolute atomic E-state index is 6.14. The number of nitrogens with zero attached hydrogens (tertiary/aromatic N) is 2. The van der Waals surface area contributed by atoms with E-state index >= 15 is 0 Å².